The minimum absolute atomic E-state index is 0.0365. The summed E-state index contributed by atoms with van der Waals surface area (Å²) in [5.74, 6) is -0.512. The summed E-state index contributed by atoms with van der Waals surface area (Å²) >= 11 is 11.8. The van der Waals surface area contributed by atoms with Gasteiger partial charge in [-0.15, -0.1) is 0 Å². The average molecular weight is 329 g/mol. The second-order valence-electron chi connectivity index (χ2n) is 5.51. The van der Waals surface area contributed by atoms with Gasteiger partial charge in [-0.2, -0.15) is 0 Å². The third-order valence-electron chi connectivity index (χ3n) is 4.00. The van der Waals surface area contributed by atoms with Crippen molar-refractivity contribution in [3.8, 4) is 0 Å². The summed E-state index contributed by atoms with van der Waals surface area (Å²) < 4.78 is 0. The van der Waals surface area contributed by atoms with Crippen LogP contribution in [-0.2, 0) is 4.79 Å². The number of likely N-dealkylation sites (tertiary alicyclic amines) is 1. The first-order valence-corrected chi connectivity index (χ1v) is 7.65. The van der Waals surface area contributed by atoms with Crippen LogP contribution in [0.1, 0.15) is 30.1 Å². The quantitative estimate of drug-likeness (QED) is 0.864. The van der Waals surface area contributed by atoms with Gasteiger partial charge in [0.05, 0.1) is 22.5 Å². The Bertz CT molecular complexity index is 563. The highest BCUT2D eigenvalue weighted by Gasteiger charge is 2.29. The summed E-state index contributed by atoms with van der Waals surface area (Å²) in [6, 6.07) is 5.11. The lowest BCUT2D eigenvalue weighted by molar-refractivity contribution is -0.123. The molecule has 114 valence electrons. The predicted octanol–water partition coefficient (Wildman–Crippen LogP) is 2.76. The van der Waals surface area contributed by atoms with Crippen LogP contribution in [0, 0.1) is 5.92 Å². The fraction of sp³-hybridized carbons (Fsp3) is 0.467. The van der Waals surface area contributed by atoms with Crippen molar-refractivity contribution in [2.24, 2.45) is 11.7 Å². The number of piperidine rings is 1. The lowest BCUT2D eigenvalue weighted by atomic mass is 9.92. The Morgan fingerprint density at radius 1 is 1.29 bits per heavy atom. The van der Waals surface area contributed by atoms with E-state index in [1.165, 1.54) is 0 Å². The van der Waals surface area contributed by atoms with E-state index in [2.05, 4.69) is 6.92 Å². The Balaban J connectivity index is 2.06. The lowest BCUT2D eigenvalue weighted by Crippen LogP contribution is -2.47. The Kier molecular flexibility index (Phi) is 5.25. The second kappa shape index (κ2) is 6.77. The van der Waals surface area contributed by atoms with Crippen LogP contribution in [0.2, 0.25) is 10.0 Å². The molecular weight excluding hydrogens is 311 g/mol. The third-order valence-corrected chi connectivity index (χ3v) is 4.74. The molecule has 1 saturated heterocycles. The molecule has 1 fully saturated rings. The van der Waals surface area contributed by atoms with Crippen LogP contribution in [0.25, 0.3) is 0 Å². The first-order valence-electron chi connectivity index (χ1n) is 6.90. The SMILES string of the molecule is CC1CCC(C(N)=O)CN1CC(=O)c1ccc(Cl)c(Cl)c1. The summed E-state index contributed by atoms with van der Waals surface area (Å²) in [5.41, 5.74) is 5.90. The Morgan fingerprint density at radius 3 is 2.62 bits per heavy atom. The van der Waals surface area contributed by atoms with Gasteiger partial charge in [-0.25, -0.2) is 0 Å². The number of halogens is 2. The molecule has 2 rings (SSSR count). The zero-order valence-electron chi connectivity index (χ0n) is 11.8. The second-order valence-corrected chi connectivity index (χ2v) is 6.32. The molecule has 4 nitrogen and oxygen atoms in total. The van der Waals surface area contributed by atoms with E-state index in [0.717, 1.165) is 12.8 Å². The van der Waals surface area contributed by atoms with Crippen molar-refractivity contribution in [2.75, 3.05) is 13.1 Å². The zero-order valence-corrected chi connectivity index (χ0v) is 13.3. The van der Waals surface area contributed by atoms with Crippen molar-refractivity contribution in [1.29, 1.82) is 0 Å². The van der Waals surface area contributed by atoms with E-state index >= 15 is 0 Å². The van der Waals surface area contributed by atoms with E-state index in [9.17, 15) is 9.59 Å². The number of nitrogens with two attached hydrogens (primary N) is 1. The third kappa shape index (κ3) is 3.96. The number of carbonyl (C=O) groups is 2. The van der Waals surface area contributed by atoms with E-state index in [-0.39, 0.29) is 30.2 Å². The molecular formula is C15H18Cl2N2O2. The van der Waals surface area contributed by atoms with Crippen LogP contribution >= 0.6 is 23.2 Å². The highest BCUT2D eigenvalue weighted by Crippen LogP contribution is 2.25. The summed E-state index contributed by atoms with van der Waals surface area (Å²) in [6.45, 7) is 2.84. The molecule has 21 heavy (non-hydrogen) atoms. The van der Waals surface area contributed by atoms with E-state index < -0.39 is 0 Å². The molecule has 0 bridgehead atoms. The molecule has 0 aliphatic carbocycles. The monoisotopic (exact) mass is 328 g/mol. The molecule has 0 aromatic heterocycles. The minimum Gasteiger partial charge on any atom is -0.369 e. The molecule has 2 atom stereocenters. The van der Waals surface area contributed by atoms with Crippen LogP contribution in [-0.4, -0.2) is 35.7 Å². The number of Topliss-reactive ketones (excluding diaryl/α,β-unsaturated/α-hetero) is 1. The van der Waals surface area contributed by atoms with E-state index in [1.807, 2.05) is 4.90 Å². The summed E-state index contributed by atoms with van der Waals surface area (Å²) in [4.78, 5) is 25.7. The van der Waals surface area contributed by atoms with Crippen LogP contribution in [0.4, 0.5) is 0 Å². The number of rotatable bonds is 4. The van der Waals surface area contributed by atoms with E-state index in [4.69, 9.17) is 28.9 Å². The highest BCUT2D eigenvalue weighted by molar-refractivity contribution is 6.42. The van der Waals surface area contributed by atoms with Gasteiger partial charge < -0.3 is 5.73 Å². The van der Waals surface area contributed by atoms with Gasteiger partial charge in [0.1, 0.15) is 0 Å². The Hall–Kier alpha value is -1.10. The summed E-state index contributed by atoms with van der Waals surface area (Å²) in [6.07, 6.45) is 1.65. The van der Waals surface area contributed by atoms with Gasteiger partial charge in [0.25, 0.3) is 0 Å². The van der Waals surface area contributed by atoms with Crippen LogP contribution in [0.3, 0.4) is 0 Å². The molecule has 1 aromatic carbocycles. The molecule has 1 aliphatic heterocycles. The molecule has 2 unspecified atom stereocenters. The normalized spacial score (nSPS) is 23.0. The number of primary amides is 1. The largest absolute Gasteiger partial charge is 0.369 e. The fourth-order valence-electron chi connectivity index (χ4n) is 2.58. The average Bonchev–Trinajstić information content (AvgIpc) is 2.43. The molecule has 0 saturated carbocycles. The molecule has 1 aromatic rings. The lowest BCUT2D eigenvalue weighted by Gasteiger charge is -2.36. The zero-order chi connectivity index (χ0) is 15.6. The maximum absolute atomic E-state index is 12.3. The number of benzene rings is 1. The van der Waals surface area contributed by atoms with Crippen molar-refractivity contribution in [2.45, 2.75) is 25.8 Å². The van der Waals surface area contributed by atoms with Crippen LogP contribution in [0.15, 0.2) is 18.2 Å². The Morgan fingerprint density at radius 2 is 2.00 bits per heavy atom. The molecule has 0 spiro atoms. The van der Waals surface area contributed by atoms with Crippen molar-refractivity contribution in [3.05, 3.63) is 33.8 Å². The maximum atomic E-state index is 12.3. The molecule has 1 amide bonds. The van der Waals surface area contributed by atoms with E-state index in [1.54, 1.807) is 18.2 Å². The van der Waals surface area contributed by atoms with Gasteiger partial charge >= 0.3 is 0 Å². The molecule has 6 heteroatoms. The van der Waals surface area contributed by atoms with E-state index in [0.29, 0.717) is 22.2 Å². The van der Waals surface area contributed by atoms with Crippen LogP contribution < -0.4 is 5.73 Å². The first-order chi connectivity index (χ1) is 9.88. The number of amides is 1. The number of nitrogens with zero attached hydrogens (tertiary/aromatic N) is 1. The number of ketones is 1. The number of hydrogen-bond donors (Lipinski definition) is 1. The first kappa shape index (κ1) is 16.3. The fourth-order valence-corrected chi connectivity index (χ4v) is 2.88. The van der Waals surface area contributed by atoms with Gasteiger partial charge in [0.2, 0.25) is 5.91 Å². The smallest absolute Gasteiger partial charge is 0.221 e. The van der Waals surface area contributed by atoms with Gasteiger partial charge in [-0.05, 0) is 38.0 Å². The minimum atomic E-state index is -0.297. The number of hydrogen-bond acceptors (Lipinski definition) is 3. The van der Waals surface area contributed by atoms with Gasteiger partial charge in [-0.3, -0.25) is 14.5 Å². The molecule has 1 heterocycles. The van der Waals surface area contributed by atoms with Crippen molar-refractivity contribution in [1.82, 2.24) is 4.90 Å². The topological polar surface area (TPSA) is 63.4 Å². The molecule has 1 aliphatic rings. The van der Waals surface area contributed by atoms with Gasteiger partial charge in [0, 0.05) is 18.2 Å². The standard InChI is InChI=1S/C15H18Cl2N2O2/c1-9-2-3-11(15(18)21)7-19(9)8-14(20)10-4-5-12(16)13(17)6-10/h4-6,9,11H,2-3,7-8H2,1H3,(H2,18,21). The summed E-state index contributed by atoms with van der Waals surface area (Å²) in [5, 5.41) is 0.789. The van der Waals surface area contributed by atoms with Crippen LogP contribution in [0.5, 0.6) is 0 Å². The molecule has 0 radical (unpaired) electrons. The predicted molar refractivity (Wildman–Crippen MR) is 83.7 cm³/mol. The Labute approximate surface area is 134 Å². The molecule has 2 N–H and O–H groups in total. The highest BCUT2D eigenvalue weighted by atomic mass is 35.5. The van der Waals surface area contributed by atoms with Crippen molar-refractivity contribution < 1.29 is 9.59 Å². The van der Waals surface area contributed by atoms with Gasteiger partial charge in [0.15, 0.2) is 5.78 Å². The van der Waals surface area contributed by atoms with Crippen molar-refractivity contribution >= 4 is 34.9 Å². The maximum Gasteiger partial charge on any atom is 0.221 e. The van der Waals surface area contributed by atoms with Gasteiger partial charge in [-0.1, -0.05) is 23.2 Å². The van der Waals surface area contributed by atoms with Crippen molar-refractivity contribution in [3.63, 3.8) is 0 Å². The number of carbonyl (C=O) groups excluding carboxylic acids is 2. The summed E-state index contributed by atoms with van der Waals surface area (Å²) in [7, 11) is 0.